The number of hydrogen-bond donors (Lipinski definition) is 2. The molecule has 1 aliphatic rings. The molecule has 1 aromatic rings. The lowest BCUT2D eigenvalue weighted by Crippen LogP contribution is -2.35. The summed E-state index contributed by atoms with van der Waals surface area (Å²) in [5.41, 5.74) is 1.73. The standard InChI is InChI=1S/C12H17FN2/c1-9-8-11(2-3-12(9)13)15-10-4-6-14-7-5-10/h2-3,8,10,14-15H,4-7H2,1H3. The van der Waals surface area contributed by atoms with E-state index in [9.17, 15) is 4.39 Å². The molecule has 1 saturated heterocycles. The number of piperidine rings is 1. The van der Waals surface area contributed by atoms with Crippen molar-refractivity contribution in [2.45, 2.75) is 25.8 Å². The molecule has 0 amide bonds. The van der Waals surface area contributed by atoms with Gasteiger partial charge in [-0.2, -0.15) is 0 Å². The largest absolute Gasteiger partial charge is 0.382 e. The number of anilines is 1. The van der Waals surface area contributed by atoms with Crippen LogP contribution in [-0.2, 0) is 0 Å². The molecule has 15 heavy (non-hydrogen) atoms. The Balaban J connectivity index is 2.00. The first-order valence-corrected chi connectivity index (χ1v) is 5.49. The third kappa shape index (κ3) is 2.69. The zero-order valence-electron chi connectivity index (χ0n) is 9.02. The fraction of sp³-hybridized carbons (Fsp3) is 0.500. The van der Waals surface area contributed by atoms with E-state index in [-0.39, 0.29) is 5.82 Å². The second-order valence-electron chi connectivity index (χ2n) is 4.13. The zero-order valence-corrected chi connectivity index (χ0v) is 9.02. The third-order valence-electron chi connectivity index (χ3n) is 2.87. The van der Waals surface area contributed by atoms with Crippen molar-refractivity contribution in [3.8, 4) is 0 Å². The van der Waals surface area contributed by atoms with E-state index < -0.39 is 0 Å². The topological polar surface area (TPSA) is 24.1 Å². The number of aryl methyl sites for hydroxylation is 1. The smallest absolute Gasteiger partial charge is 0.126 e. The van der Waals surface area contributed by atoms with E-state index >= 15 is 0 Å². The van der Waals surface area contributed by atoms with Crippen molar-refractivity contribution in [2.24, 2.45) is 0 Å². The molecule has 0 saturated carbocycles. The first-order chi connectivity index (χ1) is 7.25. The SMILES string of the molecule is Cc1cc(NC2CCNCC2)ccc1F. The number of nitrogens with one attached hydrogen (secondary N) is 2. The molecular formula is C12H17FN2. The first-order valence-electron chi connectivity index (χ1n) is 5.49. The van der Waals surface area contributed by atoms with Crippen LogP contribution in [-0.4, -0.2) is 19.1 Å². The molecule has 0 unspecified atom stereocenters. The minimum Gasteiger partial charge on any atom is -0.382 e. The van der Waals surface area contributed by atoms with Crippen molar-refractivity contribution >= 4 is 5.69 Å². The van der Waals surface area contributed by atoms with Gasteiger partial charge in [-0.1, -0.05) is 0 Å². The Bertz CT molecular complexity index is 332. The molecule has 1 heterocycles. The number of halogens is 1. The minimum absolute atomic E-state index is 0.133. The van der Waals surface area contributed by atoms with E-state index in [4.69, 9.17) is 0 Å². The van der Waals surface area contributed by atoms with Crippen molar-refractivity contribution in [2.75, 3.05) is 18.4 Å². The van der Waals surface area contributed by atoms with Crippen LogP contribution in [0.1, 0.15) is 18.4 Å². The molecule has 0 atom stereocenters. The summed E-state index contributed by atoms with van der Waals surface area (Å²) in [7, 11) is 0. The van der Waals surface area contributed by atoms with Gasteiger partial charge >= 0.3 is 0 Å². The van der Waals surface area contributed by atoms with E-state index in [0.29, 0.717) is 11.6 Å². The van der Waals surface area contributed by atoms with Gasteiger partial charge in [0, 0.05) is 11.7 Å². The highest BCUT2D eigenvalue weighted by Gasteiger charge is 2.12. The summed E-state index contributed by atoms with van der Waals surface area (Å²) in [5, 5.41) is 6.76. The maximum Gasteiger partial charge on any atom is 0.126 e. The van der Waals surface area contributed by atoms with Crippen molar-refractivity contribution in [1.82, 2.24) is 5.32 Å². The number of benzene rings is 1. The lowest BCUT2D eigenvalue weighted by molar-refractivity contribution is 0.479. The summed E-state index contributed by atoms with van der Waals surface area (Å²) in [5.74, 6) is -0.133. The van der Waals surface area contributed by atoms with Crippen LogP contribution in [0.3, 0.4) is 0 Å². The van der Waals surface area contributed by atoms with Gasteiger partial charge in [0.05, 0.1) is 0 Å². The Morgan fingerprint density at radius 2 is 2.07 bits per heavy atom. The van der Waals surface area contributed by atoms with Gasteiger partial charge in [0.15, 0.2) is 0 Å². The third-order valence-corrected chi connectivity index (χ3v) is 2.87. The Kier molecular flexibility index (Phi) is 3.21. The summed E-state index contributed by atoms with van der Waals surface area (Å²) in [4.78, 5) is 0. The molecule has 0 aliphatic carbocycles. The second-order valence-corrected chi connectivity index (χ2v) is 4.13. The normalized spacial score (nSPS) is 17.7. The Morgan fingerprint density at radius 3 is 2.73 bits per heavy atom. The van der Waals surface area contributed by atoms with Crippen molar-refractivity contribution in [3.05, 3.63) is 29.6 Å². The molecule has 0 spiro atoms. The van der Waals surface area contributed by atoms with E-state index in [1.807, 2.05) is 12.1 Å². The highest BCUT2D eigenvalue weighted by atomic mass is 19.1. The molecule has 1 fully saturated rings. The van der Waals surface area contributed by atoms with Crippen molar-refractivity contribution < 1.29 is 4.39 Å². The molecule has 2 N–H and O–H groups in total. The Labute approximate surface area is 89.9 Å². The van der Waals surface area contributed by atoms with Crippen LogP contribution in [0.15, 0.2) is 18.2 Å². The molecule has 3 heteroatoms. The molecule has 0 radical (unpaired) electrons. The molecule has 1 aromatic carbocycles. The van der Waals surface area contributed by atoms with Crippen LogP contribution in [0, 0.1) is 12.7 Å². The minimum atomic E-state index is -0.133. The Morgan fingerprint density at radius 1 is 1.33 bits per heavy atom. The van der Waals surface area contributed by atoms with Gasteiger partial charge in [-0.15, -0.1) is 0 Å². The quantitative estimate of drug-likeness (QED) is 0.779. The fourth-order valence-electron chi connectivity index (χ4n) is 1.94. The van der Waals surface area contributed by atoms with Gasteiger partial charge < -0.3 is 10.6 Å². The summed E-state index contributed by atoms with van der Waals surface area (Å²) >= 11 is 0. The van der Waals surface area contributed by atoms with Gasteiger partial charge in [0.25, 0.3) is 0 Å². The molecule has 82 valence electrons. The predicted octanol–water partition coefficient (Wildman–Crippen LogP) is 2.30. The van der Waals surface area contributed by atoms with Crippen LogP contribution < -0.4 is 10.6 Å². The highest BCUT2D eigenvalue weighted by Crippen LogP contribution is 2.16. The van der Waals surface area contributed by atoms with Crippen LogP contribution in [0.25, 0.3) is 0 Å². The molecular weight excluding hydrogens is 191 g/mol. The zero-order chi connectivity index (χ0) is 10.7. The van der Waals surface area contributed by atoms with E-state index in [0.717, 1.165) is 31.6 Å². The first kappa shape index (κ1) is 10.4. The Hall–Kier alpha value is -1.09. The fourth-order valence-corrected chi connectivity index (χ4v) is 1.94. The predicted molar refractivity (Wildman–Crippen MR) is 60.7 cm³/mol. The van der Waals surface area contributed by atoms with E-state index in [1.165, 1.54) is 6.07 Å². The van der Waals surface area contributed by atoms with Gasteiger partial charge in [0.1, 0.15) is 5.82 Å². The van der Waals surface area contributed by atoms with Crippen LogP contribution in [0.5, 0.6) is 0 Å². The molecule has 0 aromatic heterocycles. The van der Waals surface area contributed by atoms with E-state index in [1.54, 1.807) is 6.92 Å². The lowest BCUT2D eigenvalue weighted by Gasteiger charge is -2.24. The van der Waals surface area contributed by atoms with Gasteiger partial charge in [0.2, 0.25) is 0 Å². The number of hydrogen-bond acceptors (Lipinski definition) is 2. The maximum atomic E-state index is 13.0. The lowest BCUT2D eigenvalue weighted by atomic mass is 10.1. The van der Waals surface area contributed by atoms with E-state index in [2.05, 4.69) is 10.6 Å². The summed E-state index contributed by atoms with van der Waals surface area (Å²) in [6.45, 7) is 3.93. The summed E-state index contributed by atoms with van der Waals surface area (Å²) in [6.07, 6.45) is 2.27. The monoisotopic (exact) mass is 208 g/mol. The van der Waals surface area contributed by atoms with Gasteiger partial charge in [-0.25, -0.2) is 4.39 Å². The molecule has 2 rings (SSSR count). The highest BCUT2D eigenvalue weighted by molar-refractivity contribution is 5.46. The van der Waals surface area contributed by atoms with Gasteiger partial charge in [-0.05, 0) is 56.6 Å². The second kappa shape index (κ2) is 4.62. The van der Waals surface area contributed by atoms with Gasteiger partial charge in [-0.3, -0.25) is 0 Å². The molecule has 0 bridgehead atoms. The number of rotatable bonds is 2. The molecule has 2 nitrogen and oxygen atoms in total. The summed E-state index contributed by atoms with van der Waals surface area (Å²) < 4.78 is 13.0. The summed E-state index contributed by atoms with van der Waals surface area (Å²) in [6, 6.07) is 5.73. The van der Waals surface area contributed by atoms with Crippen molar-refractivity contribution in [1.29, 1.82) is 0 Å². The average Bonchev–Trinajstić information content (AvgIpc) is 2.25. The van der Waals surface area contributed by atoms with Crippen LogP contribution in [0.4, 0.5) is 10.1 Å². The van der Waals surface area contributed by atoms with Crippen LogP contribution in [0.2, 0.25) is 0 Å². The van der Waals surface area contributed by atoms with Crippen molar-refractivity contribution in [3.63, 3.8) is 0 Å². The maximum absolute atomic E-state index is 13.0. The molecule has 1 aliphatic heterocycles. The van der Waals surface area contributed by atoms with Crippen LogP contribution >= 0.6 is 0 Å². The average molecular weight is 208 g/mol.